The first-order valence-corrected chi connectivity index (χ1v) is 6.51. The highest BCUT2D eigenvalue weighted by atomic mass is 35.5. The van der Waals surface area contributed by atoms with E-state index in [4.69, 9.17) is 16.3 Å². The molecule has 0 spiro atoms. The molecule has 2 aromatic rings. The van der Waals surface area contributed by atoms with E-state index in [2.05, 4.69) is 0 Å². The van der Waals surface area contributed by atoms with Crippen LogP contribution in [0.5, 0.6) is 5.75 Å². The molecule has 0 bridgehead atoms. The van der Waals surface area contributed by atoms with Gasteiger partial charge in [-0.1, -0.05) is 23.2 Å². The maximum absolute atomic E-state index is 13.7. The first kappa shape index (κ1) is 14.5. The molecule has 2 nitrogen and oxygen atoms in total. The highest BCUT2D eigenvalue weighted by Gasteiger charge is 2.15. The summed E-state index contributed by atoms with van der Waals surface area (Å²) in [5.41, 5.74) is 1.57. The average molecular weight is 293 g/mol. The highest BCUT2D eigenvalue weighted by molar-refractivity contribution is 6.30. The molecule has 2 rings (SSSR count). The highest BCUT2D eigenvalue weighted by Crippen LogP contribution is 2.24. The molecule has 0 radical (unpaired) electrons. The fourth-order valence-corrected chi connectivity index (χ4v) is 2.20. The molecule has 0 unspecified atom stereocenters. The third-order valence-electron chi connectivity index (χ3n) is 3.02. The summed E-state index contributed by atoms with van der Waals surface area (Å²) in [7, 11) is 1.52. The second-order valence-corrected chi connectivity index (χ2v) is 4.98. The third-order valence-corrected chi connectivity index (χ3v) is 3.25. The Morgan fingerprint density at radius 2 is 2.00 bits per heavy atom. The molecule has 2 aromatic carbocycles. The predicted octanol–water partition coefficient (Wildman–Crippen LogP) is 4.22. The van der Waals surface area contributed by atoms with Gasteiger partial charge < -0.3 is 4.74 Å². The molecule has 20 heavy (non-hydrogen) atoms. The summed E-state index contributed by atoms with van der Waals surface area (Å²) < 4.78 is 18.9. The molecule has 4 heteroatoms. The molecule has 0 fully saturated rings. The van der Waals surface area contributed by atoms with Crippen molar-refractivity contribution in [2.24, 2.45) is 0 Å². The number of ether oxygens (including phenoxy) is 1. The first-order valence-electron chi connectivity index (χ1n) is 6.13. The Hall–Kier alpha value is -1.87. The van der Waals surface area contributed by atoms with Crippen molar-refractivity contribution >= 4 is 17.4 Å². The van der Waals surface area contributed by atoms with E-state index in [0.29, 0.717) is 16.3 Å². The molecule has 0 aliphatic carbocycles. The lowest BCUT2D eigenvalue weighted by Gasteiger charge is -2.09. The van der Waals surface area contributed by atoms with E-state index in [1.807, 2.05) is 6.92 Å². The second kappa shape index (κ2) is 6.06. The van der Waals surface area contributed by atoms with Gasteiger partial charge in [-0.3, -0.25) is 4.79 Å². The summed E-state index contributed by atoms with van der Waals surface area (Å²) in [4.78, 5) is 12.2. The molecule has 0 aliphatic heterocycles. The Bertz CT molecular complexity index is 653. The van der Waals surface area contributed by atoms with Crippen molar-refractivity contribution in [1.29, 1.82) is 0 Å². The van der Waals surface area contributed by atoms with Crippen molar-refractivity contribution in [3.05, 3.63) is 63.9 Å². The van der Waals surface area contributed by atoms with E-state index in [1.54, 1.807) is 30.3 Å². The minimum absolute atomic E-state index is 0.0457. The smallest absolute Gasteiger partial charge is 0.170 e. The van der Waals surface area contributed by atoms with Crippen LogP contribution in [0.1, 0.15) is 21.5 Å². The molecule has 0 amide bonds. The summed E-state index contributed by atoms with van der Waals surface area (Å²) in [6.45, 7) is 1.82. The van der Waals surface area contributed by atoms with Gasteiger partial charge in [0.1, 0.15) is 11.6 Å². The molecular weight excluding hydrogens is 279 g/mol. The molecule has 0 aromatic heterocycles. The number of methoxy groups -OCH3 is 1. The summed E-state index contributed by atoms with van der Waals surface area (Å²) in [6.07, 6.45) is 0.0457. The fourth-order valence-electron chi connectivity index (χ4n) is 2.01. The number of aryl methyl sites for hydroxylation is 1. The zero-order valence-corrected chi connectivity index (χ0v) is 12.0. The van der Waals surface area contributed by atoms with Gasteiger partial charge in [0, 0.05) is 17.0 Å². The van der Waals surface area contributed by atoms with Crippen molar-refractivity contribution in [3.8, 4) is 5.75 Å². The summed E-state index contributed by atoms with van der Waals surface area (Å²) in [6, 6.07) is 9.52. The van der Waals surface area contributed by atoms with E-state index in [-0.39, 0.29) is 17.8 Å². The minimum atomic E-state index is -0.512. The lowest BCUT2D eigenvalue weighted by Crippen LogP contribution is -2.07. The average Bonchev–Trinajstić information content (AvgIpc) is 2.41. The molecule has 0 saturated heterocycles. The zero-order valence-electron chi connectivity index (χ0n) is 11.2. The molecule has 0 N–H and O–H groups in total. The zero-order chi connectivity index (χ0) is 14.7. The first-order chi connectivity index (χ1) is 9.51. The van der Waals surface area contributed by atoms with Crippen LogP contribution in [0.2, 0.25) is 5.02 Å². The monoisotopic (exact) mass is 292 g/mol. The number of halogens is 2. The minimum Gasteiger partial charge on any atom is -0.496 e. The Labute approximate surface area is 122 Å². The fraction of sp³-hybridized carbons (Fsp3) is 0.188. The number of ketones is 1. The largest absolute Gasteiger partial charge is 0.496 e. The van der Waals surface area contributed by atoms with Gasteiger partial charge in [0.2, 0.25) is 0 Å². The number of Topliss-reactive ketones (excluding diaryl/α,β-unsaturated/α-hetero) is 1. The van der Waals surface area contributed by atoms with Gasteiger partial charge in [0.05, 0.1) is 12.7 Å². The number of carbonyl (C=O) groups is 1. The number of rotatable bonds is 4. The van der Waals surface area contributed by atoms with Gasteiger partial charge in [-0.25, -0.2) is 4.39 Å². The van der Waals surface area contributed by atoms with Gasteiger partial charge in [0.15, 0.2) is 5.78 Å². The molecule has 0 saturated carbocycles. The quantitative estimate of drug-likeness (QED) is 0.789. The van der Waals surface area contributed by atoms with Crippen molar-refractivity contribution in [2.45, 2.75) is 13.3 Å². The van der Waals surface area contributed by atoms with E-state index in [9.17, 15) is 9.18 Å². The van der Waals surface area contributed by atoms with Gasteiger partial charge in [-0.2, -0.15) is 0 Å². The third kappa shape index (κ3) is 3.17. The van der Waals surface area contributed by atoms with Crippen LogP contribution in [0.25, 0.3) is 0 Å². The van der Waals surface area contributed by atoms with Crippen LogP contribution in [0.3, 0.4) is 0 Å². The molecular formula is C16H14ClFO2. The van der Waals surface area contributed by atoms with Crippen LogP contribution in [-0.4, -0.2) is 12.9 Å². The molecule has 0 atom stereocenters. The van der Waals surface area contributed by atoms with Gasteiger partial charge in [0.25, 0.3) is 0 Å². The van der Waals surface area contributed by atoms with Crippen LogP contribution in [0.15, 0.2) is 36.4 Å². The van der Waals surface area contributed by atoms with E-state index >= 15 is 0 Å². The van der Waals surface area contributed by atoms with Gasteiger partial charge >= 0.3 is 0 Å². The number of hydrogen-bond acceptors (Lipinski definition) is 2. The SMILES string of the molecule is COc1ccc(Cl)cc1CC(=O)c1cc(C)ccc1F. The number of carbonyl (C=O) groups excluding carboxylic acids is 1. The van der Waals surface area contributed by atoms with Crippen LogP contribution in [-0.2, 0) is 6.42 Å². The molecule has 104 valence electrons. The van der Waals surface area contributed by atoms with Gasteiger partial charge in [-0.05, 0) is 37.3 Å². The maximum Gasteiger partial charge on any atom is 0.170 e. The lowest BCUT2D eigenvalue weighted by atomic mass is 10.0. The maximum atomic E-state index is 13.7. The standard InChI is InChI=1S/C16H14ClFO2/c1-10-3-5-14(18)13(7-10)15(19)9-11-8-12(17)4-6-16(11)20-2/h3-8H,9H2,1-2H3. The van der Waals surface area contributed by atoms with Crippen LogP contribution in [0.4, 0.5) is 4.39 Å². The predicted molar refractivity (Wildman–Crippen MR) is 77.2 cm³/mol. The Balaban J connectivity index is 2.32. The number of benzene rings is 2. The Morgan fingerprint density at radius 3 is 2.70 bits per heavy atom. The van der Waals surface area contributed by atoms with E-state index in [0.717, 1.165) is 5.56 Å². The van der Waals surface area contributed by atoms with Crippen molar-refractivity contribution in [2.75, 3.05) is 7.11 Å². The normalized spacial score (nSPS) is 10.4. The van der Waals surface area contributed by atoms with Crippen molar-refractivity contribution in [3.63, 3.8) is 0 Å². The van der Waals surface area contributed by atoms with E-state index < -0.39 is 5.82 Å². The van der Waals surface area contributed by atoms with Crippen molar-refractivity contribution < 1.29 is 13.9 Å². The molecule has 0 heterocycles. The second-order valence-electron chi connectivity index (χ2n) is 4.54. The molecule has 0 aliphatic rings. The Kier molecular flexibility index (Phi) is 4.40. The van der Waals surface area contributed by atoms with Crippen molar-refractivity contribution in [1.82, 2.24) is 0 Å². The summed E-state index contributed by atoms with van der Waals surface area (Å²) >= 11 is 5.92. The summed E-state index contributed by atoms with van der Waals surface area (Å²) in [5.74, 6) is -0.246. The van der Waals surface area contributed by atoms with Crippen LogP contribution in [0, 0.1) is 12.7 Å². The number of hydrogen-bond donors (Lipinski definition) is 0. The van der Waals surface area contributed by atoms with Crippen LogP contribution >= 0.6 is 11.6 Å². The summed E-state index contributed by atoms with van der Waals surface area (Å²) in [5, 5.41) is 0.512. The Morgan fingerprint density at radius 1 is 1.25 bits per heavy atom. The van der Waals surface area contributed by atoms with Crippen LogP contribution < -0.4 is 4.74 Å². The lowest BCUT2D eigenvalue weighted by molar-refractivity contribution is 0.0988. The van der Waals surface area contributed by atoms with E-state index in [1.165, 1.54) is 13.2 Å². The topological polar surface area (TPSA) is 26.3 Å². The van der Waals surface area contributed by atoms with Gasteiger partial charge in [-0.15, -0.1) is 0 Å².